The van der Waals surface area contributed by atoms with E-state index < -0.39 is 5.25 Å². The lowest BCUT2D eigenvalue weighted by atomic mass is 10.2. The van der Waals surface area contributed by atoms with E-state index in [9.17, 15) is 9.59 Å². The predicted molar refractivity (Wildman–Crippen MR) is 152 cm³/mol. The number of hydrogen-bond acceptors (Lipinski definition) is 7. The molecular formula is C27H28N4O3S3. The molecule has 192 valence electrons. The highest BCUT2D eigenvalue weighted by atomic mass is 32.2. The van der Waals surface area contributed by atoms with Crippen LogP contribution in [0.3, 0.4) is 0 Å². The number of carbonyl (C=O) groups is 1. The number of ether oxygens (including phenoxy) is 1. The first-order chi connectivity index (χ1) is 18.0. The van der Waals surface area contributed by atoms with Crippen LogP contribution in [0.2, 0.25) is 0 Å². The molecule has 1 aliphatic heterocycles. The molecule has 5 rings (SSSR count). The molecule has 0 aliphatic carbocycles. The third-order valence-electron chi connectivity index (χ3n) is 6.39. The second kappa shape index (κ2) is 11.3. The molecule has 0 spiro atoms. The summed E-state index contributed by atoms with van der Waals surface area (Å²) in [5.74, 6) is -0.0852. The van der Waals surface area contributed by atoms with Gasteiger partial charge in [-0.1, -0.05) is 66.4 Å². The molecule has 3 heterocycles. The van der Waals surface area contributed by atoms with Gasteiger partial charge < -0.3 is 10.1 Å². The third kappa shape index (κ3) is 5.29. The summed E-state index contributed by atoms with van der Waals surface area (Å²) in [6, 6.07) is 17.3. The van der Waals surface area contributed by atoms with Crippen molar-refractivity contribution in [3.8, 4) is 11.4 Å². The number of aryl methyl sites for hydroxylation is 1. The quantitative estimate of drug-likeness (QED) is 0.178. The van der Waals surface area contributed by atoms with Crippen molar-refractivity contribution in [2.45, 2.75) is 49.6 Å². The highest BCUT2D eigenvalue weighted by Crippen LogP contribution is 2.31. The standard InChI is InChI=1S/C27H28N4O3S3/c1-3-21(24(32)28-16-19-13-9-15-34-19)36-26-29-23-22(25(33)30(26)18-11-5-4-6-12-18)37-27(35)31(23)20-14-8-7-10-17(20)2/h4-8,10-12,14,19,21H,3,9,13,15-16H2,1-2H3,(H,28,32)/t19-,21+/m0/s1. The fraction of sp³-hybridized carbons (Fsp3) is 0.333. The maximum absolute atomic E-state index is 13.9. The van der Waals surface area contributed by atoms with E-state index in [0.29, 0.717) is 38.1 Å². The average molecular weight is 553 g/mol. The number of hydrogen-bond donors (Lipinski definition) is 1. The van der Waals surface area contributed by atoms with Crippen molar-refractivity contribution < 1.29 is 9.53 Å². The van der Waals surface area contributed by atoms with Gasteiger partial charge in [0.2, 0.25) is 5.91 Å². The van der Waals surface area contributed by atoms with Crippen LogP contribution < -0.4 is 10.9 Å². The Labute approximate surface area is 228 Å². The number of rotatable bonds is 8. The van der Waals surface area contributed by atoms with E-state index in [1.54, 1.807) is 4.57 Å². The number of thiazole rings is 1. The number of carbonyl (C=O) groups excluding carboxylic acids is 1. The first-order valence-corrected chi connectivity index (χ1v) is 14.4. The van der Waals surface area contributed by atoms with Crippen molar-refractivity contribution in [2.75, 3.05) is 13.2 Å². The summed E-state index contributed by atoms with van der Waals surface area (Å²) < 4.78 is 10.1. The summed E-state index contributed by atoms with van der Waals surface area (Å²) in [6.07, 6.45) is 2.62. The Morgan fingerprint density at radius 3 is 2.68 bits per heavy atom. The molecule has 1 amide bonds. The molecular weight excluding hydrogens is 525 g/mol. The molecule has 1 fully saturated rings. The molecule has 0 radical (unpaired) electrons. The van der Waals surface area contributed by atoms with Gasteiger partial charge in [-0.2, -0.15) is 0 Å². The Bertz CT molecular complexity index is 1540. The average Bonchev–Trinajstić information content (AvgIpc) is 3.54. The van der Waals surface area contributed by atoms with Crippen LogP contribution in [0.1, 0.15) is 31.7 Å². The minimum absolute atomic E-state index is 0.0628. The lowest BCUT2D eigenvalue weighted by Gasteiger charge is -2.19. The van der Waals surface area contributed by atoms with Crippen molar-refractivity contribution in [1.29, 1.82) is 0 Å². The van der Waals surface area contributed by atoms with Crippen LogP contribution in [0.5, 0.6) is 0 Å². The number of nitrogens with one attached hydrogen (secondary N) is 1. The van der Waals surface area contributed by atoms with Crippen LogP contribution in [-0.2, 0) is 9.53 Å². The minimum atomic E-state index is -0.422. The Morgan fingerprint density at radius 2 is 1.97 bits per heavy atom. The molecule has 1 N–H and O–H groups in total. The van der Waals surface area contributed by atoms with Gasteiger partial charge in [0, 0.05) is 13.2 Å². The lowest BCUT2D eigenvalue weighted by Crippen LogP contribution is -2.37. The second-order valence-electron chi connectivity index (χ2n) is 8.91. The molecule has 0 saturated carbocycles. The molecule has 2 atom stereocenters. The topological polar surface area (TPSA) is 78.2 Å². The number of benzene rings is 2. The molecule has 0 unspecified atom stereocenters. The van der Waals surface area contributed by atoms with Crippen LogP contribution in [0.25, 0.3) is 21.7 Å². The van der Waals surface area contributed by atoms with Gasteiger partial charge in [0.15, 0.2) is 14.8 Å². The Morgan fingerprint density at radius 1 is 1.22 bits per heavy atom. The normalized spacial score (nSPS) is 16.2. The van der Waals surface area contributed by atoms with Gasteiger partial charge in [-0.05, 0) is 62.2 Å². The van der Waals surface area contributed by atoms with Crippen molar-refractivity contribution in [3.05, 3.63) is 74.5 Å². The van der Waals surface area contributed by atoms with Crippen LogP contribution >= 0.6 is 35.3 Å². The summed E-state index contributed by atoms with van der Waals surface area (Å²) in [5, 5.41) is 3.07. The van der Waals surface area contributed by atoms with E-state index in [-0.39, 0.29) is 17.6 Å². The zero-order valence-electron chi connectivity index (χ0n) is 20.7. The summed E-state index contributed by atoms with van der Waals surface area (Å²) in [6.45, 7) is 5.20. The zero-order chi connectivity index (χ0) is 25.9. The first-order valence-electron chi connectivity index (χ1n) is 12.3. The number of aromatic nitrogens is 3. The van der Waals surface area contributed by atoms with E-state index in [1.165, 1.54) is 23.1 Å². The zero-order valence-corrected chi connectivity index (χ0v) is 23.1. The van der Waals surface area contributed by atoms with Crippen LogP contribution in [-0.4, -0.2) is 44.5 Å². The molecule has 0 bridgehead atoms. The van der Waals surface area contributed by atoms with Gasteiger partial charge in [-0.25, -0.2) is 4.98 Å². The molecule has 2 aromatic heterocycles. The van der Waals surface area contributed by atoms with Crippen molar-refractivity contribution in [1.82, 2.24) is 19.4 Å². The van der Waals surface area contributed by atoms with E-state index >= 15 is 0 Å². The number of thioether (sulfide) groups is 1. The predicted octanol–water partition coefficient (Wildman–Crippen LogP) is 5.44. The fourth-order valence-corrected chi connectivity index (χ4v) is 6.77. The maximum atomic E-state index is 13.9. The van der Waals surface area contributed by atoms with Gasteiger partial charge in [-0.3, -0.25) is 18.7 Å². The summed E-state index contributed by atoms with van der Waals surface area (Å²) >= 11 is 8.27. The van der Waals surface area contributed by atoms with Crippen molar-refractivity contribution >= 4 is 51.6 Å². The highest BCUT2D eigenvalue weighted by Gasteiger charge is 2.26. The van der Waals surface area contributed by atoms with E-state index in [2.05, 4.69) is 5.32 Å². The van der Waals surface area contributed by atoms with Crippen molar-refractivity contribution in [3.63, 3.8) is 0 Å². The van der Waals surface area contributed by atoms with Gasteiger partial charge in [0.25, 0.3) is 5.56 Å². The van der Waals surface area contributed by atoms with E-state index in [0.717, 1.165) is 30.7 Å². The van der Waals surface area contributed by atoms with Gasteiger partial charge in [0.05, 0.1) is 22.7 Å². The maximum Gasteiger partial charge on any atom is 0.278 e. The van der Waals surface area contributed by atoms with Crippen LogP contribution in [0, 0.1) is 10.9 Å². The first kappa shape index (κ1) is 25.8. The Balaban J connectivity index is 1.61. The number of nitrogens with zero attached hydrogens (tertiary/aromatic N) is 3. The largest absolute Gasteiger partial charge is 0.376 e. The van der Waals surface area contributed by atoms with Gasteiger partial charge in [0.1, 0.15) is 4.70 Å². The Hall–Kier alpha value is -2.79. The molecule has 4 aromatic rings. The third-order valence-corrected chi connectivity index (χ3v) is 9.05. The smallest absolute Gasteiger partial charge is 0.278 e. The van der Waals surface area contributed by atoms with Crippen molar-refractivity contribution in [2.24, 2.45) is 0 Å². The summed E-state index contributed by atoms with van der Waals surface area (Å²) in [7, 11) is 0. The summed E-state index contributed by atoms with van der Waals surface area (Å²) in [5.41, 5.74) is 2.93. The minimum Gasteiger partial charge on any atom is -0.376 e. The van der Waals surface area contributed by atoms with Crippen LogP contribution in [0.4, 0.5) is 0 Å². The van der Waals surface area contributed by atoms with E-state index in [4.69, 9.17) is 21.9 Å². The molecule has 10 heteroatoms. The van der Waals surface area contributed by atoms with Gasteiger partial charge >= 0.3 is 0 Å². The lowest BCUT2D eigenvalue weighted by molar-refractivity contribution is -0.121. The molecule has 7 nitrogen and oxygen atoms in total. The highest BCUT2D eigenvalue weighted by molar-refractivity contribution is 8.00. The van der Waals surface area contributed by atoms with Gasteiger partial charge in [-0.15, -0.1) is 0 Å². The fourth-order valence-electron chi connectivity index (χ4n) is 4.43. The molecule has 1 aliphatic rings. The SMILES string of the molecule is CC[C@@H](Sc1nc2c(sc(=S)n2-c2ccccc2C)c(=O)n1-c1ccccc1)C(=O)NC[C@@H]1CCCO1. The Kier molecular flexibility index (Phi) is 7.89. The molecule has 2 aromatic carbocycles. The number of para-hydroxylation sites is 2. The second-order valence-corrected chi connectivity index (χ2v) is 11.7. The van der Waals surface area contributed by atoms with E-state index in [1.807, 2.05) is 73.0 Å². The monoisotopic (exact) mass is 552 g/mol. The molecule has 1 saturated heterocycles. The van der Waals surface area contributed by atoms with Crippen LogP contribution in [0.15, 0.2) is 64.5 Å². The molecule has 37 heavy (non-hydrogen) atoms. The number of amides is 1. The summed E-state index contributed by atoms with van der Waals surface area (Å²) in [4.78, 5) is 32.0. The number of fused-ring (bicyclic) bond motifs is 1.